The number of hydrogen-bond acceptors (Lipinski definition) is 1. The van der Waals surface area contributed by atoms with Crippen molar-refractivity contribution in [3.8, 4) is 0 Å². The fourth-order valence-electron chi connectivity index (χ4n) is 6.53. The Bertz CT molecular complexity index is 519. The molecule has 0 heterocycles. The van der Waals surface area contributed by atoms with E-state index in [0.29, 0.717) is 5.92 Å². The lowest BCUT2D eigenvalue weighted by Gasteiger charge is -2.32. The first-order valence-electron chi connectivity index (χ1n) is 13.8. The van der Waals surface area contributed by atoms with Crippen LogP contribution < -0.4 is 0 Å². The second-order valence-corrected chi connectivity index (χ2v) is 11.7. The van der Waals surface area contributed by atoms with E-state index in [1.807, 2.05) is 6.92 Å². The molecular formula is C30H54O. The molecule has 0 aromatic heterocycles. The fraction of sp³-hybridized carbons (Fsp3) is 0.867. The Morgan fingerprint density at radius 2 is 1.68 bits per heavy atom. The Hall–Kier alpha value is -0.560. The predicted octanol–water partition coefficient (Wildman–Crippen LogP) is 8.97. The highest BCUT2D eigenvalue weighted by Gasteiger charge is 2.39. The average molecular weight is 431 g/mol. The minimum atomic E-state index is -0.0842. The summed E-state index contributed by atoms with van der Waals surface area (Å²) >= 11 is 0. The van der Waals surface area contributed by atoms with E-state index < -0.39 is 0 Å². The first-order chi connectivity index (χ1) is 14.8. The molecule has 7 atom stereocenters. The molecule has 0 radical (unpaired) electrons. The minimum Gasteiger partial charge on any atom is -0.393 e. The molecule has 2 aliphatic rings. The van der Waals surface area contributed by atoms with Gasteiger partial charge in [-0.25, -0.2) is 0 Å². The van der Waals surface area contributed by atoms with E-state index in [4.69, 9.17) is 6.58 Å². The summed E-state index contributed by atoms with van der Waals surface area (Å²) in [6.07, 6.45) is 20.8. The third-order valence-corrected chi connectivity index (χ3v) is 8.70. The third kappa shape index (κ3) is 9.07. The first kappa shape index (κ1) is 26.7. The van der Waals surface area contributed by atoms with Gasteiger partial charge < -0.3 is 5.11 Å². The zero-order valence-corrected chi connectivity index (χ0v) is 21.5. The summed E-state index contributed by atoms with van der Waals surface area (Å²) in [6, 6.07) is 0. The van der Waals surface area contributed by atoms with Gasteiger partial charge in [0.2, 0.25) is 0 Å². The van der Waals surface area contributed by atoms with E-state index in [1.165, 1.54) is 83.5 Å². The van der Waals surface area contributed by atoms with Gasteiger partial charge in [0.1, 0.15) is 0 Å². The molecule has 31 heavy (non-hydrogen) atoms. The maximum Gasteiger partial charge on any atom is 0.0543 e. The van der Waals surface area contributed by atoms with Crippen LogP contribution in [-0.4, -0.2) is 11.2 Å². The van der Waals surface area contributed by atoms with Crippen molar-refractivity contribution in [1.82, 2.24) is 0 Å². The topological polar surface area (TPSA) is 20.2 Å². The van der Waals surface area contributed by atoms with Crippen molar-refractivity contribution in [3.05, 3.63) is 24.8 Å². The molecule has 3 unspecified atom stereocenters. The lowest BCUT2D eigenvalue weighted by Crippen LogP contribution is -2.21. The van der Waals surface area contributed by atoms with Crippen molar-refractivity contribution >= 4 is 0 Å². The van der Waals surface area contributed by atoms with Gasteiger partial charge in [-0.2, -0.15) is 0 Å². The molecule has 2 aliphatic carbocycles. The lowest BCUT2D eigenvalue weighted by molar-refractivity contribution is 0.163. The van der Waals surface area contributed by atoms with Crippen LogP contribution in [0.2, 0.25) is 0 Å². The Labute approximate surface area is 195 Å². The molecule has 0 saturated heterocycles. The van der Waals surface area contributed by atoms with Crippen molar-refractivity contribution < 1.29 is 5.11 Å². The molecule has 0 bridgehead atoms. The van der Waals surface area contributed by atoms with Gasteiger partial charge in [0.05, 0.1) is 6.10 Å². The van der Waals surface area contributed by atoms with Crippen molar-refractivity contribution in [2.24, 2.45) is 41.4 Å². The second-order valence-electron chi connectivity index (χ2n) is 11.7. The van der Waals surface area contributed by atoms with E-state index in [9.17, 15) is 5.11 Å². The quantitative estimate of drug-likeness (QED) is 0.180. The molecule has 0 aromatic carbocycles. The molecule has 1 N–H and O–H groups in total. The van der Waals surface area contributed by atoms with Crippen LogP contribution in [0.1, 0.15) is 118 Å². The highest BCUT2D eigenvalue weighted by Crippen LogP contribution is 2.46. The van der Waals surface area contributed by atoms with Gasteiger partial charge in [-0.05, 0) is 93.3 Å². The van der Waals surface area contributed by atoms with Gasteiger partial charge in [0.15, 0.2) is 0 Å². The Kier molecular flexibility index (Phi) is 11.9. The van der Waals surface area contributed by atoms with Crippen LogP contribution in [-0.2, 0) is 0 Å². The van der Waals surface area contributed by atoms with Crippen LogP contribution in [0.15, 0.2) is 24.8 Å². The van der Waals surface area contributed by atoms with E-state index >= 15 is 0 Å². The van der Waals surface area contributed by atoms with E-state index in [1.54, 1.807) is 5.57 Å². The van der Waals surface area contributed by atoms with Crippen molar-refractivity contribution in [3.63, 3.8) is 0 Å². The molecule has 2 saturated carbocycles. The maximum absolute atomic E-state index is 9.66. The van der Waals surface area contributed by atoms with E-state index in [0.717, 1.165) is 41.9 Å². The zero-order chi connectivity index (χ0) is 22.8. The van der Waals surface area contributed by atoms with Crippen molar-refractivity contribution in [2.45, 2.75) is 124 Å². The fourth-order valence-corrected chi connectivity index (χ4v) is 6.53. The number of aliphatic hydroxyl groups excluding tert-OH is 1. The molecule has 0 amide bonds. The molecule has 2 fully saturated rings. The van der Waals surface area contributed by atoms with Gasteiger partial charge in [0, 0.05) is 0 Å². The molecule has 1 nitrogen and oxygen atoms in total. The first-order valence-corrected chi connectivity index (χ1v) is 13.8. The smallest absolute Gasteiger partial charge is 0.0543 e. The summed E-state index contributed by atoms with van der Waals surface area (Å²) in [5, 5.41) is 9.66. The van der Waals surface area contributed by atoms with Gasteiger partial charge in [-0.1, -0.05) is 83.9 Å². The molecular weight excluding hydrogens is 376 g/mol. The zero-order valence-electron chi connectivity index (χ0n) is 21.5. The largest absolute Gasteiger partial charge is 0.393 e. The summed E-state index contributed by atoms with van der Waals surface area (Å²) in [6.45, 7) is 17.9. The Morgan fingerprint density at radius 1 is 0.968 bits per heavy atom. The van der Waals surface area contributed by atoms with Crippen molar-refractivity contribution in [1.29, 1.82) is 0 Å². The van der Waals surface area contributed by atoms with Crippen molar-refractivity contribution in [2.75, 3.05) is 0 Å². The van der Waals surface area contributed by atoms with Gasteiger partial charge in [-0.15, -0.1) is 6.58 Å². The van der Waals surface area contributed by atoms with Gasteiger partial charge in [-0.3, -0.25) is 0 Å². The van der Waals surface area contributed by atoms with Crippen LogP contribution in [0.3, 0.4) is 0 Å². The Balaban J connectivity index is 1.73. The molecule has 180 valence electrons. The van der Waals surface area contributed by atoms with Gasteiger partial charge in [0.25, 0.3) is 0 Å². The Morgan fingerprint density at radius 3 is 2.32 bits per heavy atom. The van der Waals surface area contributed by atoms with Crippen LogP contribution in [0.4, 0.5) is 0 Å². The van der Waals surface area contributed by atoms with Gasteiger partial charge >= 0.3 is 0 Å². The van der Waals surface area contributed by atoms with E-state index in [2.05, 4.69) is 33.4 Å². The molecule has 1 heteroatoms. The monoisotopic (exact) mass is 430 g/mol. The molecule has 0 spiro atoms. The number of aliphatic hydroxyl groups is 1. The van der Waals surface area contributed by atoms with Crippen LogP contribution in [0.25, 0.3) is 0 Å². The number of hydrogen-bond donors (Lipinski definition) is 1. The van der Waals surface area contributed by atoms with E-state index in [-0.39, 0.29) is 6.10 Å². The summed E-state index contributed by atoms with van der Waals surface area (Å²) in [5.41, 5.74) is 1.61. The lowest BCUT2D eigenvalue weighted by atomic mass is 9.74. The summed E-state index contributed by atoms with van der Waals surface area (Å²) in [7, 11) is 0. The summed E-state index contributed by atoms with van der Waals surface area (Å²) < 4.78 is 0. The maximum atomic E-state index is 9.66. The summed E-state index contributed by atoms with van der Waals surface area (Å²) in [5.74, 6) is 5.37. The number of rotatable bonds is 17. The predicted molar refractivity (Wildman–Crippen MR) is 137 cm³/mol. The summed E-state index contributed by atoms with van der Waals surface area (Å²) in [4.78, 5) is 0. The standard InChI is InChI=1S/C30H54O/c1-7-8-15-23(4)20-26(24(5)29-19-14-18-28(29)22(2)3)16-12-10-9-11-13-17-27-21-30(27)25(6)31/h7,22-23,25-31H,1,5,8-21H2,2-4,6H3/t23-,25?,26?,27-,28+,29-,30?/m1/s1. The minimum absolute atomic E-state index is 0.0842. The number of allylic oxidation sites excluding steroid dienone is 2. The molecule has 0 aliphatic heterocycles. The highest BCUT2D eigenvalue weighted by atomic mass is 16.3. The highest BCUT2D eigenvalue weighted by molar-refractivity contribution is 5.10. The van der Waals surface area contributed by atoms with Crippen LogP contribution in [0, 0.1) is 41.4 Å². The normalized spacial score (nSPS) is 28.5. The SMILES string of the molecule is C=CCC[C@@H](C)CC(CCCCCCC[C@@H]1CC1C(C)O)C(=C)[C@H]1CCC[C@H]1C(C)C. The van der Waals surface area contributed by atoms with Crippen LogP contribution in [0.5, 0.6) is 0 Å². The van der Waals surface area contributed by atoms with Crippen LogP contribution >= 0.6 is 0 Å². The number of unbranched alkanes of at least 4 members (excludes halogenated alkanes) is 4. The molecule has 0 aromatic rings. The third-order valence-electron chi connectivity index (χ3n) is 8.70. The molecule has 2 rings (SSSR count). The second kappa shape index (κ2) is 13.9. The average Bonchev–Trinajstić information content (AvgIpc) is 3.34.